The summed E-state index contributed by atoms with van der Waals surface area (Å²) in [7, 11) is 0. The van der Waals surface area contributed by atoms with Crippen molar-refractivity contribution in [3.8, 4) is 0 Å². The van der Waals surface area contributed by atoms with E-state index in [0.717, 1.165) is 0 Å². The van der Waals surface area contributed by atoms with Gasteiger partial charge in [0, 0.05) is 11.2 Å². The molecule has 1 nitrogen and oxygen atoms in total. The van der Waals surface area contributed by atoms with Gasteiger partial charge in [-0.3, -0.25) is 0 Å². The summed E-state index contributed by atoms with van der Waals surface area (Å²) in [6, 6.07) is 6.31. The number of fused-ring (bicyclic) bond motifs is 1. The third-order valence-electron chi connectivity index (χ3n) is 2.09. The largest absolute Gasteiger partial charge is 0.326 e. The highest BCUT2D eigenvalue weighted by Crippen LogP contribution is 2.27. The fourth-order valence-electron chi connectivity index (χ4n) is 1.50. The van der Waals surface area contributed by atoms with Gasteiger partial charge in [-0.15, -0.1) is 11.3 Å². The third-order valence-corrected chi connectivity index (χ3v) is 3.15. The van der Waals surface area contributed by atoms with Crippen molar-refractivity contribution >= 4 is 21.4 Å². The second-order valence-corrected chi connectivity index (χ2v) is 3.82. The van der Waals surface area contributed by atoms with Crippen LogP contribution in [0.3, 0.4) is 0 Å². The molecule has 0 spiro atoms. The van der Waals surface area contributed by atoms with Crippen LogP contribution in [-0.4, -0.2) is 0 Å². The summed E-state index contributed by atoms with van der Waals surface area (Å²) in [5, 5.41) is 3.54. The van der Waals surface area contributed by atoms with E-state index in [-0.39, 0.29) is 0 Å². The molecule has 2 N–H and O–H groups in total. The van der Waals surface area contributed by atoms with Gasteiger partial charge in [-0.1, -0.05) is 12.1 Å². The van der Waals surface area contributed by atoms with Crippen molar-refractivity contribution < 1.29 is 0 Å². The lowest BCUT2D eigenvalue weighted by molar-refractivity contribution is 1.09. The van der Waals surface area contributed by atoms with E-state index in [0.29, 0.717) is 6.54 Å². The van der Waals surface area contributed by atoms with Crippen LogP contribution in [0.2, 0.25) is 0 Å². The molecule has 0 amide bonds. The van der Waals surface area contributed by atoms with E-state index < -0.39 is 0 Å². The molecule has 1 heterocycles. The smallest absolute Gasteiger partial charge is 0.0348 e. The summed E-state index contributed by atoms with van der Waals surface area (Å²) in [6.07, 6.45) is 0. The van der Waals surface area contributed by atoms with Crippen LogP contribution in [0, 0.1) is 6.92 Å². The average molecular weight is 177 g/mol. The predicted molar refractivity (Wildman–Crippen MR) is 54.5 cm³/mol. The zero-order valence-corrected chi connectivity index (χ0v) is 7.82. The summed E-state index contributed by atoms with van der Waals surface area (Å²) in [5.41, 5.74) is 8.25. The Balaban J connectivity index is 2.84. The third kappa shape index (κ3) is 1.04. The van der Waals surface area contributed by atoms with E-state index in [2.05, 4.69) is 30.5 Å². The molecule has 0 saturated heterocycles. The van der Waals surface area contributed by atoms with Crippen molar-refractivity contribution in [2.24, 2.45) is 5.73 Å². The topological polar surface area (TPSA) is 26.0 Å². The minimum absolute atomic E-state index is 0.634. The second kappa shape index (κ2) is 2.88. The van der Waals surface area contributed by atoms with Crippen molar-refractivity contribution in [3.05, 3.63) is 34.7 Å². The quantitative estimate of drug-likeness (QED) is 0.712. The van der Waals surface area contributed by atoms with Gasteiger partial charge in [0.2, 0.25) is 0 Å². The Labute approximate surface area is 75.8 Å². The highest BCUT2D eigenvalue weighted by atomic mass is 32.1. The van der Waals surface area contributed by atoms with Crippen LogP contribution in [0.5, 0.6) is 0 Å². The van der Waals surface area contributed by atoms with Crippen LogP contribution in [0.25, 0.3) is 10.1 Å². The predicted octanol–water partition coefficient (Wildman–Crippen LogP) is 2.67. The van der Waals surface area contributed by atoms with Crippen LogP contribution in [0.4, 0.5) is 0 Å². The molecule has 0 bridgehead atoms. The Morgan fingerprint density at radius 2 is 2.25 bits per heavy atom. The summed E-state index contributed by atoms with van der Waals surface area (Å²) in [6.45, 7) is 2.77. The first-order chi connectivity index (χ1) is 5.83. The van der Waals surface area contributed by atoms with Crippen LogP contribution >= 0.6 is 11.3 Å². The average Bonchev–Trinajstić information content (AvgIpc) is 2.48. The fraction of sp³-hybridized carbons (Fsp3) is 0.200. The van der Waals surface area contributed by atoms with E-state index in [4.69, 9.17) is 5.73 Å². The summed E-state index contributed by atoms with van der Waals surface area (Å²) in [5.74, 6) is 0. The zero-order chi connectivity index (χ0) is 8.55. The van der Waals surface area contributed by atoms with Gasteiger partial charge in [0.05, 0.1) is 0 Å². The van der Waals surface area contributed by atoms with Gasteiger partial charge in [-0.05, 0) is 34.9 Å². The monoisotopic (exact) mass is 177 g/mol. The molecule has 12 heavy (non-hydrogen) atoms. The molecule has 2 heteroatoms. The van der Waals surface area contributed by atoms with E-state index in [1.807, 2.05) is 0 Å². The molecule has 0 aliphatic heterocycles. The number of nitrogens with two attached hydrogens (primary N) is 1. The minimum Gasteiger partial charge on any atom is -0.326 e. The number of benzene rings is 1. The maximum absolute atomic E-state index is 5.65. The van der Waals surface area contributed by atoms with Crippen LogP contribution in [0.15, 0.2) is 23.6 Å². The maximum Gasteiger partial charge on any atom is 0.0348 e. The lowest BCUT2D eigenvalue weighted by Crippen LogP contribution is -1.96. The molecular formula is C10H11NS. The number of thiophene rings is 1. The normalized spacial score (nSPS) is 10.8. The Morgan fingerprint density at radius 1 is 1.42 bits per heavy atom. The lowest BCUT2D eigenvalue weighted by Gasteiger charge is -1.99. The Hall–Kier alpha value is -0.860. The van der Waals surface area contributed by atoms with Crippen LogP contribution in [-0.2, 0) is 6.54 Å². The first-order valence-corrected chi connectivity index (χ1v) is 4.86. The molecule has 0 radical (unpaired) electrons. The molecule has 0 fully saturated rings. The molecule has 62 valence electrons. The second-order valence-electron chi connectivity index (χ2n) is 2.91. The molecule has 2 aromatic rings. The number of rotatable bonds is 1. The summed E-state index contributed by atoms with van der Waals surface area (Å²) < 4.78 is 1.34. The van der Waals surface area contributed by atoms with Crippen molar-refractivity contribution in [2.75, 3.05) is 0 Å². The van der Waals surface area contributed by atoms with Crippen molar-refractivity contribution in [3.63, 3.8) is 0 Å². The molecule has 0 aliphatic rings. The van der Waals surface area contributed by atoms with E-state index in [9.17, 15) is 0 Å². The van der Waals surface area contributed by atoms with Gasteiger partial charge in [0.1, 0.15) is 0 Å². The minimum atomic E-state index is 0.634. The van der Waals surface area contributed by atoms with Gasteiger partial charge in [0.15, 0.2) is 0 Å². The lowest BCUT2D eigenvalue weighted by atomic mass is 10.1. The summed E-state index contributed by atoms with van der Waals surface area (Å²) >= 11 is 1.79. The Kier molecular flexibility index (Phi) is 1.87. The molecule has 1 aromatic carbocycles. The summed E-state index contributed by atoms with van der Waals surface area (Å²) in [4.78, 5) is 0. The molecule has 2 rings (SSSR count). The Bertz CT molecular complexity index is 403. The van der Waals surface area contributed by atoms with Gasteiger partial charge >= 0.3 is 0 Å². The fourth-order valence-corrected chi connectivity index (χ4v) is 2.49. The molecule has 0 saturated carbocycles. The van der Waals surface area contributed by atoms with Gasteiger partial charge < -0.3 is 5.73 Å². The first kappa shape index (κ1) is 7.77. The van der Waals surface area contributed by atoms with Crippen molar-refractivity contribution in [1.29, 1.82) is 0 Å². The van der Waals surface area contributed by atoms with E-state index >= 15 is 0 Å². The highest BCUT2D eigenvalue weighted by Gasteiger charge is 2.03. The van der Waals surface area contributed by atoms with Gasteiger partial charge in [0.25, 0.3) is 0 Å². The van der Waals surface area contributed by atoms with E-state index in [1.54, 1.807) is 11.3 Å². The van der Waals surface area contributed by atoms with Crippen LogP contribution in [0.1, 0.15) is 11.1 Å². The SMILES string of the molecule is Cc1csc2cccc(CN)c12. The first-order valence-electron chi connectivity index (χ1n) is 3.98. The highest BCUT2D eigenvalue weighted by molar-refractivity contribution is 7.17. The van der Waals surface area contributed by atoms with Crippen molar-refractivity contribution in [1.82, 2.24) is 0 Å². The van der Waals surface area contributed by atoms with E-state index in [1.165, 1.54) is 21.2 Å². The van der Waals surface area contributed by atoms with Crippen molar-refractivity contribution in [2.45, 2.75) is 13.5 Å². The van der Waals surface area contributed by atoms with Gasteiger partial charge in [-0.2, -0.15) is 0 Å². The molecular weight excluding hydrogens is 166 g/mol. The molecule has 0 aliphatic carbocycles. The molecule has 0 atom stereocenters. The number of hydrogen-bond acceptors (Lipinski definition) is 2. The Morgan fingerprint density at radius 3 is 3.00 bits per heavy atom. The number of aryl methyl sites for hydroxylation is 1. The number of hydrogen-bond donors (Lipinski definition) is 1. The van der Waals surface area contributed by atoms with Gasteiger partial charge in [-0.25, -0.2) is 0 Å². The van der Waals surface area contributed by atoms with Crippen LogP contribution < -0.4 is 5.73 Å². The standard InChI is InChI=1S/C10H11NS/c1-7-6-12-9-4-2-3-8(5-11)10(7)9/h2-4,6H,5,11H2,1H3. The maximum atomic E-state index is 5.65. The zero-order valence-electron chi connectivity index (χ0n) is 7.00. The molecule has 1 aromatic heterocycles. The molecule has 0 unspecified atom stereocenters.